The van der Waals surface area contributed by atoms with Crippen molar-refractivity contribution in [3.63, 3.8) is 0 Å². The Morgan fingerprint density at radius 3 is 2.31 bits per heavy atom. The molecule has 1 saturated heterocycles. The quantitative estimate of drug-likeness (QED) is 0.443. The lowest BCUT2D eigenvalue weighted by Crippen LogP contribution is -2.41. The predicted molar refractivity (Wildman–Crippen MR) is 119 cm³/mol. The van der Waals surface area contributed by atoms with E-state index in [9.17, 15) is 4.79 Å². The number of hydrogen-bond donors (Lipinski definition) is 0. The zero-order valence-corrected chi connectivity index (χ0v) is 20.5. The van der Waals surface area contributed by atoms with Gasteiger partial charge in [-0.05, 0) is 65.8 Å². The summed E-state index contributed by atoms with van der Waals surface area (Å²) in [6.07, 6.45) is 5.07. The number of hydrogen-bond acceptors (Lipinski definition) is 9. The molecule has 1 aromatic rings. The lowest BCUT2D eigenvalue weighted by atomic mass is 9.66. The number of carbonyl (C=O) groups excluding carboxylic acids is 3. The Morgan fingerprint density at radius 1 is 1.22 bits per heavy atom. The van der Waals surface area contributed by atoms with Crippen LogP contribution in [0.15, 0.2) is 16.9 Å². The van der Waals surface area contributed by atoms with E-state index >= 15 is 0 Å². The van der Waals surface area contributed by atoms with Crippen molar-refractivity contribution in [2.45, 2.75) is 78.4 Å². The molecule has 176 valence electrons. The van der Waals surface area contributed by atoms with Crippen LogP contribution in [0.2, 0.25) is 0 Å². The molecule has 0 saturated carbocycles. The Bertz CT molecular complexity index is 844. The van der Waals surface area contributed by atoms with Crippen molar-refractivity contribution < 1.29 is 33.2 Å². The first-order chi connectivity index (χ1) is 15.0. The standard InChI is InChI=1S/C21H32BNO5S.CO2/c1-7-16-13-29-18(23-16)26-14-21(17(24)25-8-2)11-9-15(10-12-21)22-27-19(3,4)20(5,6)28-22;2-1-3/h9,13H,7-8,10-12,14H2,1-6H3;. The van der Waals surface area contributed by atoms with Crippen molar-refractivity contribution in [1.29, 1.82) is 0 Å². The third-order valence-electron chi connectivity index (χ3n) is 6.28. The summed E-state index contributed by atoms with van der Waals surface area (Å²) in [6, 6.07) is 0. The number of nitrogens with zero attached hydrogens (tertiary/aromatic N) is 1. The van der Waals surface area contributed by atoms with Crippen LogP contribution in [0.3, 0.4) is 0 Å². The van der Waals surface area contributed by atoms with Gasteiger partial charge in [0.2, 0.25) is 0 Å². The molecule has 0 spiro atoms. The Hall–Kier alpha value is -2.00. The summed E-state index contributed by atoms with van der Waals surface area (Å²) < 4.78 is 23.7. The molecule has 1 aliphatic heterocycles. The normalized spacial score (nSPS) is 23.4. The summed E-state index contributed by atoms with van der Waals surface area (Å²) in [5, 5.41) is 2.59. The Labute approximate surface area is 193 Å². The molecule has 0 bridgehead atoms. The summed E-state index contributed by atoms with van der Waals surface area (Å²) in [5.74, 6) is -0.212. The van der Waals surface area contributed by atoms with Gasteiger partial charge in [0.25, 0.3) is 5.19 Å². The van der Waals surface area contributed by atoms with Gasteiger partial charge in [-0.25, -0.2) is 4.98 Å². The number of aryl methyl sites for hydroxylation is 1. The molecule has 0 amide bonds. The van der Waals surface area contributed by atoms with Gasteiger partial charge in [-0.1, -0.05) is 24.3 Å². The van der Waals surface area contributed by atoms with Crippen molar-refractivity contribution in [2.24, 2.45) is 5.41 Å². The summed E-state index contributed by atoms with van der Waals surface area (Å²) >= 11 is 1.47. The maximum Gasteiger partial charge on any atom is 0.490 e. The summed E-state index contributed by atoms with van der Waals surface area (Å²) in [4.78, 5) is 33.5. The van der Waals surface area contributed by atoms with Crippen LogP contribution in [0.1, 0.15) is 66.5 Å². The Morgan fingerprint density at radius 2 is 1.84 bits per heavy atom. The number of aromatic nitrogens is 1. The molecule has 1 fully saturated rings. The molecule has 2 aliphatic rings. The third kappa shape index (κ3) is 5.87. The van der Waals surface area contributed by atoms with Gasteiger partial charge >= 0.3 is 19.2 Å². The minimum atomic E-state index is -0.707. The van der Waals surface area contributed by atoms with E-state index in [1.807, 2.05) is 40.0 Å². The minimum Gasteiger partial charge on any atom is -0.469 e. The highest BCUT2D eigenvalue weighted by atomic mass is 32.1. The van der Waals surface area contributed by atoms with Crippen molar-refractivity contribution in [2.75, 3.05) is 13.2 Å². The third-order valence-corrected chi connectivity index (χ3v) is 7.08. The molecule has 1 atom stereocenters. The average Bonchev–Trinajstić information content (AvgIpc) is 3.28. The van der Waals surface area contributed by atoms with E-state index in [2.05, 4.69) is 18.0 Å². The van der Waals surface area contributed by atoms with Crippen LogP contribution >= 0.6 is 11.3 Å². The number of esters is 1. The van der Waals surface area contributed by atoms with Crippen LogP contribution < -0.4 is 4.74 Å². The number of thiazole rings is 1. The van der Waals surface area contributed by atoms with Crippen LogP contribution in [0, 0.1) is 5.41 Å². The fourth-order valence-electron chi connectivity index (χ4n) is 3.50. The molecule has 0 radical (unpaired) electrons. The van der Waals surface area contributed by atoms with E-state index in [1.165, 1.54) is 11.3 Å². The van der Waals surface area contributed by atoms with E-state index in [0.717, 1.165) is 17.6 Å². The van der Waals surface area contributed by atoms with Crippen molar-refractivity contribution in [1.82, 2.24) is 4.98 Å². The maximum absolute atomic E-state index is 12.8. The minimum absolute atomic E-state index is 0.212. The van der Waals surface area contributed by atoms with Crippen molar-refractivity contribution in [3.05, 3.63) is 22.6 Å². The Balaban J connectivity index is 0.00000114. The van der Waals surface area contributed by atoms with Crippen LogP contribution in [-0.4, -0.2) is 48.6 Å². The fourth-order valence-corrected chi connectivity index (χ4v) is 4.25. The van der Waals surface area contributed by atoms with Gasteiger partial charge in [-0.3, -0.25) is 4.79 Å². The number of allylic oxidation sites excluding steroid dienone is 2. The molecular weight excluding hydrogens is 433 g/mol. The predicted octanol–water partition coefficient (Wildman–Crippen LogP) is 3.79. The molecule has 10 heteroatoms. The molecule has 0 N–H and O–H groups in total. The first kappa shape index (κ1) is 26.3. The highest BCUT2D eigenvalue weighted by Gasteiger charge is 2.53. The molecule has 32 heavy (non-hydrogen) atoms. The molecule has 1 aliphatic carbocycles. The monoisotopic (exact) mass is 465 g/mol. The van der Waals surface area contributed by atoms with Crippen molar-refractivity contribution in [3.8, 4) is 5.19 Å². The van der Waals surface area contributed by atoms with Gasteiger partial charge in [-0.2, -0.15) is 9.59 Å². The van der Waals surface area contributed by atoms with Gasteiger partial charge in [-0.15, -0.1) is 0 Å². The van der Waals surface area contributed by atoms with Gasteiger partial charge in [0.1, 0.15) is 12.0 Å². The van der Waals surface area contributed by atoms with Crippen LogP contribution in [0.4, 0.5) is 0 Å². The second kappa shape index (κ2) is 10.7. The first-order valence-corrected chi connectivity index (χ1v) is 11.7. The van der Waals surface area contributed by atoms with Gasteiger partial charge in [0, 0.05) is 5.38 Å². The van der Waals surface area contributed by atoms with Gasteiger partial charge < -0.3 is 18.8 Å². The number of carbonyl (C=O) groups is 1. The molecular formula is C22H32BNO7S. The fraction of sp³-hybridized carbons (Fsp3) is 0.682. The van der Waals surface area contributed by atoms with Crippen molar-refractivity contribution >= 4 is 30.6 Å². The zero-order chi connectivity index (χ0) is 24.0. The van der Waals surface area contributed by atoms with E-state index in [1.54, 1.807) is 0 Å². The van der Waals surface area contributed by atoms with Crippen LogP contribution in [-0.2, 0) is 34.9 Å². The lowest BCUT2D eigenvalue weighted by Gasteiger charge is -2.34. The van der Waals surface area contributed by atoms with E-state index in [-0.39, 0.29) is 37.0 Å². The second-order valence-corrected chi connectivity index (χ2v) is 9.72. The molecule has 0 aromatic carbocycles. The molecule has 3 rings (SSSR count). The highest BCUT2D eigenvalue weighted by molar-refractivity contribution is 7.11. The molecule has 2 heterocycles. The van der Waals surface area contributed by atoms with Gasteiger partial charge in [0.15, 0.2) is 0 Å². The molecule has 8 nitrogen and oxygen atoms in total. The van der Waals surface area contributed by atoms with E-state index in [0.29, 0.717) is 31.1 Å². The maximum atomic E-state index is 12.8. The second-order valence-electron chi connectivity index (χ2n) is 8.90. The van der Waals surface area contributed by atoms with Gasteiger partial charge in [0.05, 0.1) is 23.5 Å². The summed E-state index contributed by atoms with van der Waals surface area (Å²) in [7, 11) is -0.368. The lowest BCUT2D eigenvalue weighted by molar-refractivity contribution is -0.191. The highest BCUT2D eigenvalue weighted by Crippen LogP contribution is 2.43. The Kier molecular flexibility index (Phi) is 8.82. The smallest absolute Gasteiger partial charge is 0.469 e. The SMILES string of the molecule is CCOC(=O)C1(COc2nc(CC)cs2)CC=C(B2OC(C)(C)C(C)(C)O2)CC1.O=C=O. The molecule has 1 aromatic heterocycles. The zero-order valence-electron chi connectivity index (χ0n) is 19.7. The van der Waals surface area contributed by atoms with E-state index in [4.69, 9.17) is 28.4 Å². The van der Waals surface area contributed by atoms with E-state index < -0.39 is 5.41 Å². The molecule has 1 unspecified atom stereocenters. The summed E-state index contributed by atoms with van der Waals surface area (Å²) in [5.41, 5.74) is 0.632. The largest absolute Gasteiger partial charge is 0.490 e. The average molecular weight is 465 g/mol. The van der Waals surface area contributed by atoms with Crippen LogP contribution in [0.25, 0.3) is 0 Å². The number of rotatable bonds is 7. The van der Waals surface area contributed by atoms with Crippen LogP contribution in [0.5, 0.6) is 5.19 Å². The number of ether oxygens (including phenoxy) is 2. The first-order valence-electron chi connectivity index (χ1n) is 10.8. The topological polar surface area (TPSA) is 101 Å². The summed E-state index contributed by atoms with van der Waals surface area (Å²) in [6.45, 7) is 12.7.